The summed E-state index contributed by atoms with van der Waals surface area (Å²) in [7, 11) is 0. The van der Waals surface area contributed by atoms with Gasteiger partial charge in [0.05, 0.1) is 11.1 Å². The highest BCUT2D eigenvalue weighted by Crippen LogP contribution is 2.44. The molecule has 0 bridgehead atoms. The number of aliphatic hydroxyl groups excluding tert-OH is 1. The fourth-order valence-electron chi connectivity index (χ4n) is 2.94. The number of hydrogen-bond donors (Lipinski definition) is 2. The highest BCUT2D eigenvalue weighted by atomic mass is 35.5. The number of hydrogen-bond acceptors (Lipinski definition) is 3. The van der Waals surface area contributed by atoms with Crippen LogP contribution in [0.15, 0.2) is 18.2 Å². The summed E-state index contributed by atoms with van der Waals surface area (Å²) in [6, 6.07) is -1.88. The summed E-state index contributed by atoms with van der Waals surface area (Å²) >= 11 is 0. The van der Waals surface area contributed by atoms with Gasteiger partial charge in [0.15, 0.2) is 0 Å². The summed E-state index contributed by atoms with van der Waals surface area (Å²) in [6.45, 7) is -1.65. The molecule has 2 N–H and O–H groups in total. The number of benzene rings is 1. The Bertz CT molecular complexity index is 629. The van der Waals surface area contributed by atoms with Crippen molar-refractivity contribution in [3.63, 3.8) is 0 Å². The van der Waals surface area contributed by atoms with Crippen molar-refractivity contribution in [3.05, 3.63) is 34.9 Å². The summed E-state index contributed by atoms with van der Waals surface area (Å²) in [5.41, 5.74) is -4.25. The quantitative estimate of drug-likeness (QED) is 0.718. The Hall–Kier alpha value is -1.17. The number of piperazine rings is 1. The first-order valence-electron chi connectivity index (χ1n) is 7.59. The third-order valence-corrected chi connectivity index (χ3v) is 4.11. The molecular formula is C15H17ClF8N2O. The van der Waals surface area contributed by atoms with Crippen LogP contribution in [0.5, 0.6) is 0 Å². The van der Waals surface area contributed by atoms with E-state index in [0.29, 0.717) is 0 Å². The van der Waals surface area contributed by atoms with Crippen molar-refractivity contribution in [1.82, 2.24) is 10.2 Å². The van der Waals surface area contributed by atoms with Crippen LogP contribution < -0.4 is 5.32 Å². The molecule has 0 amide bonds. The molecule has 1 atom stereocenters. The molecule has 1 saturated heterocycles. The lowest BCUT2D eigenvalue weighted by atomic mass is 9.91. The molecular weight excluding hydrogens is 412 g/mol. The summed E-state index contributed by atoms with van der Waals surface area (Å²) < 4.78 is 107. The maximum atomic E-state index is 14.3. The second-order valence-electron chi connectivity index (χ2n) is 5.91. The smallest absolute Gasteiger partial charge is 0.390 e. The maximum absolute atomic E-state index is 14.3. The lowest BCUT2D eigenvalue weighted by Gasteiger charge is -2.39. The van der Waals surface area contributed by atoms with Gasteiger partial charge in [-0.05, 0) is 23.8 Å². The van der Waals surface area contributed by atoms with Crippen molar-refractivity contribution < 1.29 is 40.2 Å². The Balaban J connectivity index is 0.00000364. The van der Waals surface area contributed by atoms with Gasteiger partial charge >= 0.3 is 12.4 Å². The molecule has 1 fully saturated rings. The van der Waals surface area contributed by atoms with Gasteiger partial charge in [-0.15, -0.1) is 12.4 Å². The predicted octanol–water partition coefficient (Wildman–Crippen LogP) is 3.72. The second-order valence-corrected chi connectivity index (χ2v) is 5.91. The standard InChI is InChI=1S/C15H16F8N2O.ClH/c16-13(17,8-26)12(25-5-3-24-4-6-25)10-7-9(14(18,19)20)1-2-11(10)15(21,22)23;/h1-2,7,12,24,26H,3-6,8H2;1H/t12-;/m1./s1. The first-order valence-corrected chi connectivity index (χ1v) is 7.59. The Morgan fingerprint density at radius 2 is 1.52 bits per heavy atom. The van der Waals surface area contributed by atoms with Crippen LogP contribution in [0.2, 0.25) is 0 Å². The average Bonchev–Trinajstić information content (AvgIpc) is 2.54. The maximum Gasteiger partial charge on any atom is 0.416 e. The molecule has 156 valence electrons. The van der Waals surface area contributed by atoms with Crippen LogP contribution in [0, 0.1) is 0 Å². The highest BCUT2D eigenvalue weighted by Gasteiger charge is 2.48. The second kappa shape index (κ2) is 8.46. The van der Waals surface area contributed by atoms with Crippen molar-refractivity contribution in [2.24, 2.45) is 0 Å². The summed E-state index contributed by atoms with van der Waals surface area (Å²) in [6.07, 6.45) is -10.1. The van der Waals surface area contributed by atoms with Gasteiger partial charge in [0.1, 0.15) is 12.6 Å². The SMILES string of the molecule is Cl.OCC(F)(F)[C@@H](c1cc(C(F)(F)F)ccc1C(F)(F)F)N1CCNCC1. The molecule has 1 aromatic carbocycles. The van der Waals surface area contributed by atoms with Crippen LogP contribution >= 0.6 is 12.4 Å². The fraction of sp³-hybridized carbons (Fsp3) is 0.600. The van der Waals surface area contributed by atoms with Crippen LogP contribution in [0.3, 0.4) is 0 Å². The number of nitrogens with one attached hydrogen (secondary N) is 1. The zero-order valence-electron chi connectivity index (χ0n) is 13.7. The molecule has 3 nitrogen and oxygen atoms in total. The van der Waals surface area contributed by atoms with E-state index in [-0.39, 0.29) is 56.8 Å². The number of alkyl halides is 8. The monoisotopic (exact) mass is 428 g/mol. The van der Waals surface area contributed by atoms with Crippen LogP contribution in [0.4, 0.5) is 35.1 Å². The van der Waals surface area contributed by atoms with E-state index in [4.69, 9.17) is 5.11 Å². The minimum atomic E-state index is -5.13. The molecule has 1 aliphatic rings. The summed E-state index contributed by atoms with van der Waals surface area (Å²) in [4.78, 5) is 0.956. The zero-order chi connectivity index (χ0) is 19.8. The molecule has 0 spiro atoms. The molecule has 1 heterocycles. The molecule has 27 heavy (non-hydrogen) atoms. The number of rotatable bonds is 4. The first kappa shape index (κ1) is 23.9. The summed E-state index contributed by atoms with van der Waals surface area (Å²) in [5.74, 6) is -4.07. The molecule has 0 aliphatic carbocycles. The highest BCUT2D eigenvalue weighted by molar-refractivity contribution is 5.85. The molecule has 1 aromatic rings. The largest absolute Gasteiger partial charge is 0.416 e. The Morgan fingerprint density at radius 1 is 0.963 bits per heavy atom. The van der Waals surface area contributed by atoms with Crippen molar-refractivity contribution in [2.45, 2.75) is 24.3 Å². The number of nitrogens with zero attached hydrogens (tertiary/aromatic N) is 1. The van der Waals surface area contributed by atoms with Gasteiger partial charge in [-0.3, -0.25) is 4.90 Å². The van der Waals surface area contributed by atoms with Crippen LogP contribution in [0.25, 0.3) is 0 Å². The molecule has 12 heteroatoms. The van der Waals surface area contributed by atoms with Crippen molar-refractivity contribution in [3.8, 4) is 0 Å². The van der Waals surface area contributed by atoms with Crippen LogP contribution in [-0.2, 0) is 12.4 Å². The Labute approximate surface area is 155 Å². The fourth-order valence-corrected chi connectivity index (χ4v) is 2.94. The number of aliphatic hydroxyl groups is 1. The van der Waals surface area contributed by atoms with Gasteiger partial charge < -0.3 is 10.4 Å². The number of halogens is 9. The van der Waals surface area contributed by atoms with E-state index in [2.05, 4.69) is 5.32 Å². The van der Waals surface area contributed by atoms with E-state index >= 15 is 0 Å². The lowest BCUT2D eigenvalue weighted by molar-refractivity contribution is -0.147. The van der Waals surface area contributed by atoms with E-state index in [9.17, 15) is 35.1 Å². The van der Waals surface area contributed by atoms with E-state index in [0.717, 1.165) is 4.90 Å². The van der Waals surface area contributed by atoms with E-state index < -0.39 is 47.6 Å². The molecule has 0 saturated carbocycles. The normalized spacial score (nSPS) is 18.1. The minimum Gasteiger partial charge on any atom is -0.390 e. The first-order chi connectivity index (χ1) is 11.9. The molecule has 0 unspecified atom stereocenters. The zero-order valence-corrected chi connectivity index (χ0v) is 14.5. The van der Waals surface area contributed by atoms with Crippen LogP contribution in [-0.4, -0.2) is 48.7 Å². The van der Waals surface area contributed by atoms with Crippen molar-refractivity contribution in [2.75, 3.05) is 32.8 Å². The lowest BCUT2D eigenvalue weighted by Crippen LogP contribution is -2.51. The van der Waals surface area contributed by atoms with Gasteiger partial charge in [0, 0.05) is 26.2 Å². The van der Waals surface area contributed by atoms with Gasteiger partial charge in [-0.2, -0.15) is 26.3 Å². The third kappa shape index (κ3) is 5.43. The van der Waals surface area contributed by atoms with Gasteiger partial charge in [0.2, 0.25) is 0 Å². The van der Waals surface area contributed by atoms with Crippen molar-refractivity contribution >= 4 is 12.4 Å². The minimum absolute atomic E-state index is 0. The third-order valence-electron chi connectivity index (χ3n) is 4.11. The van der Waals surface area contributed by atoms with Crippen molar-refractivity contribution in [1.29, 1.82) is 0 Å². The van der Waals surface area contributed by atoms with E-state index in [1.54, 1.807) is 0 Å². The van der Waals surface area contributed by atoms with Gasteiger partial charge in [0.25, 0.3) is 5.92 Å². The topological polar surface area (TPSA) is 35.5 Å². The average molecular weight is 429 g/mol. The Morgan fingerprint density at radius 3 is 1.96 bits per heavy atom. The van der Waals surface area contributed by atoms with Gasteiger partial charge in [-0.25, -0.2) is 8.78 Å². The van der Waals surface area contributed by atoms with Gasteiger partial charge in [-0.1, -0.05) is 0 Å². The Kier molecular flexibility index (Phi) is 7.48. The summed E-state index contributed by atoms with van der Waals surface area (Å²) in [5, 5.41) is 11.8. The molecule has 2 rings (SSSR count). The van der Waals surface area contributed by atoms with E-state index in [1.165, 1.54) is 0 Å². The van der Waals surface area contributed by atoms with E-state index in [1.807, 2.05) is 0 Å². The molecule has 1 aliphatic heterocycles. The molecule has 0 aromatic heterocycles. The van der Waals surface area contributed by atoms with Crippen LogP contribution in [0.1, 0.15) is 22.7 Å². The predicted molar refractivity (Wildman–Crippen MR) is 82.9 cm³/mol. The molecule has 0 radical (unpaired) electrons.